The molecule has 0 radical (unpaired) electrons. The van der Waals surface area contributed by atoms with Gasteiger partial charge >= 0.3 is 0 Å². The van der Waals surface area contributed by atoms with Gasteiger partial charge in [-0.1, -0.05) is 35.1 Å². The van der Waals surface area contributed by atoms with E-state index in [4.69, 9.17) is 4.74 Å². The zero-order chi connectivity index (χ0) is 17.8. The van der Waals surface area contributed by atoms with Gasteiger partial charge in [-0.05, 0) is 51.1 Å². The Morgan fingerprint density at radius 3 is 2.56 bits per heavy atom. The number of nitrogens with one attached hydrogen (secondary N) is 1. The molecule has 1 N–H and O–H groups in total. The van der Waals surface area contributed by atoms with Crippen LogP contribution < -0.4 is 10.1 Å². The molecule has 5 nitrogen and oxygen atoms in total. The maximum Gasteiger partial charge on any atom is 0.257 e. The Balaban J connectivity index is 1.69. The van der Waals surface area contributed by atoms with Gasteiger partial charge in [0.15, 0.2) is 0 Å². The van der Waals surface area contributed by atoms with Crippen LogP contribution in [0.3, 0.4) is 0 Å². The number of carbonyl (C=O) groups is 1. The molecule has 1 aromatic heterocycles. The van der Waals surface area contributed by atoms with E-state index in [0.717, 1.165) is 21.9 Å². The van der Waals surface area contributed by atoms with E-state index in [1.54, 1.807) is 24.3 Å². The Kier molecular flexibility index (Phi) is 5.09. The second-order valence-electron chi connectivity index (χ2n) is 5.93. The molecule has 3 rings (SSSR count). The van der Waals surface area contributed by atoms with Crippen LogP contribution in [-0.4, -0.2) is 22.2 Å². The number of rotatable bonds is 5. The van der Waals surface area contributed by atoms with Gasteiger partial charge < -0.3 is 4.74 Å². The Labute approximate surface area is 150 Å². The molecule has 2 aromatic carbocycles. The number of aryl methyl sites for hydroxylation is 1. The van der Waals surface area contributed by atoms with Crippen LogP contribution in [-0.2, 0) is 0 Å². The minimum Gasteiger partial charge on any atom is -0.491 e. The van der Waals surface area contributed by atoms with E-state index in [9.17, 15) is 4.79 Å². The molecule has 0 aliphatic rings. The van der Waals surface area contributed by atoms with E-state index in [1.807, 2.05) is 45.0 Å². The molecule has 1 amide bonds. The average Bonchev–Trinajstić information content (AvgIpc) is 3.03. The molecule has 3 aromatic rings. The lowest BCUT2D eigenvalue weighted by molar-refractivity contribution is 0.102. The molecule has 0 saturated heterocycles. The van der Waals surface area contributed by atoms with E-state index >= 15 is 0 Å². The number of carbonyl (C=O) groups excluding carboxylic acids is 1. The largest absolute Gasteiger partial charge is 0.491 e. The lowest BCUT2D eigenvalue weighted by atomic mass is 10.1. The summed E-state index contributed by atoms with van der Waals surface area (Å²) < 4.78 is 5.58. The number of nitrogens with zero attached hydrogens (tertiary/aromatic N) is 2. The molecule has 0 spiro atoms. The predicted molar refractivity (Wildman–Crippen MR) is 100 cm³/mol. The highest BCUT2D eigenvalue weighted by atomic mass is 32.1. The third-order valence-corrected chi connectivity index (χ3v) is 4.29. The van der Waals surface area contributed by atoms with Gasteiger partial charge in [0.05, 0.1) is 6.10 Å². The first-order valence-corrected chi connectivity index (χ1v) is 8.81. The van der Waals surface area contributed by atoms with Gasteiger partial charge in [-0.2, -0.15) is 0 Å². The number of anilines is 1. The van der Waals surface area contributed by atoms with Crippen LogP contribution in [0.4, 0.5) is 5.13 Å². The first-order chi connectivity index (χ1) is 12.0. The van der Waals surface area contributed by atoms with E-state index in [2.05, 4.69) is 15.5 Å². The number of benzene rings is 2. The fourth-order valence-corrected chi connectivity index (χ4v) is 3.03. The maximum absolute atomic E-state index is 12.3. The van der Waals surface area contributed by atoms with Crippen molar-refractivity contribution in [3.8, 4) is 16.3 Å². The highest BCUT2D eigenvalue weighted by Gasteiger charge is 2.12. The molecular formula is C19H19N3O2S. The van der Waals surface area contributed by atoms with Crippen LogP contribution in [0.2, 0.25) is 0 Å². The molecule has 0 fully saturated rings. The smallest absolute Gasteiger partial charge is 0.257 e. The summed E-state index contributed by atoms with van der Waals surface area (Å²) in [6, 6.07) is 15.1. The molecule has 1 heterocycles. The lowest BCUT2D eigenvalue weighted by Gasteiger charge is -2.09. The Hall–Kier alpha value is -2.73. The van der Waals surface area contributed by atoms with Crippen LogP contribution in [0, 0.1) is 6.92 Å². The molecule has 25 heavy (non-hydrogen) atoms. The molecule has 6 heteroatoms. The summed E-state index contributed by atoms with van der Waals surface area (Å²) in [5, 5.41) is 12.3. The molecule has 0 aliphatic carbocycles. The summed E-state index contributed by atoms with van der Waals surface area (Å²) in [4.78, 5) is 12.3. The lowest BCUT2D eigenvalue weighted by Crippen LogP contribution is -2.12. The maximum atomic E-state index is 12.3. The summed E-state index contributed by atoms with van der Waals surface area (Å²) in [5.74, 6) is 0.521. The monoisotopic (exact) mass is 353 g/mol. The molecule has 0 unspecified atom stereocenters. The van der Waals surface area contributed by atoms with Crippen LogP contribution in [0.5, 0.6) is 5.75 Å². The highest BCUT2D eigenvalue weighted by molar-refractivity contribution is 7.18. The quantitative estimate of drug-likeness (QED) is 0.731. The Morgan fingerprint density at radius 2 is 1.88 bits per heavy atom. The summed E-state index contributed by atoms with van der Waals surface area (Å²) in [7, 11) is 0. The SMILES string of the molecule is Cc1cccc(-c2nnc(NC(=O)c3ccc(OC(C)C)cc3)s2)c1. The van der Waals surface area contributed by atoms with Crippen LogP contribution in [0.25, 0.3) is 10.6 Å². The summed E-state index contributed by atoms with van der Waals surface area (Å²) in [6.45, 7) is 5.95. The van der Waals surface area contributed by atoms with Gasteiger partial charge in [-0.25, -0.2) is 0 Å². The molecule has 0 bridgehead atoms. The standard InChI is InChI=1S/C19H19N3O2S/c1-12(2)24-16-9-7-14(8-10-16)17(23)20-19-22-21-18(25-19)15-6-4-5-13(3)11-15/h4-12H,1-3H3,(H,20,22,23). The number of hydrogen-bond donors (Lipinski definition) is 1. The van der Waals surface area contributed by atoms with E-state index in [1.165, 1.54) is 11.3 Å². The number of hydrogen-bond acceptors (Lipinski definition) is 5. The minimum absolute atomic E-state index is 0.0983. The number of amides is 1. The van der Waals surface area contributed by atoms with Crippen LogP contribution >= 0.6 is 11.3 Å². The van der Waals surface area contributed by atoms with Crippen molar-refractivity contribution >= 4 is 22.4 Å². The van der Waals surface area contributed by atoms with Crippen molar-refractivity contribution < 1.29 is 9.53 Å². The van der Waals surface area contributed by atoms with Crippen LogP contribution in [0.15, 0.2) is 48.5 Å². The van der Waals surface area contributed by atoms with Gasteiger partial charge in [0, 0.05) is 11.1 Å². The third-order valence-electron chi connectivity index (χ3n) is 3.40. The van der Waals surface area contributed by atoms with Crippen molar-refractivity contribution in [2.24, 2.45) is 0 Å². The normalized spacial score (nSPS) is 10.7. The van der Waals surface area contributed by atoms with Gasteiger partial charge in [0.25, 0.3) is 5.91 Å². The van der Waals surface area contributed by atoms with Crippen molar-refractivity contribution in [1.82, 2.24) is 10.2 Å². The van der Waals surface area contributed by atoms with E-state index in [0.29, 0.717) is 10.7 Å². The Bertz CT molecular complexity index is 872. The van der Waals surface area contributed by atoms with Crippen molar-refractivity contribution in [1.29, 1.82) is 0 Å². The fourth-order valence-electron chi connectivity index (χ4n) is 2.29. The van der Waals surface area contributed by atoms with Crippen LogP contribution in [0.1, 0.15) is 29.8 Å². The first-order valence-electron chi connectivity index (χ1n) is 8.00. The number of aromatic nitrogens is 2. The van der Waals surface area contributed by atoms with E-state index < -0.39 is 0 Å². The zero-order valence-corrected chi connectivity index (χ0v) is 15.1. The molecule has 0 atom stereocenters. The van der Waals surface area contributed by atoms with Gasteiger partial charge in [-0.3, -0.25) is 10.1 Å². The fraction of sp³-hybridized carbons (Fsp3) is 0.211. The van der Waals surface area contributed by atoms with Gasteiger partial charge in [-0.15, -0.1) is 10.2 Å². The summed E-state index contributed by atoms with van der Waals surface area (Å²) in [5.41, 5.74) is 2.69. The van der Waals surface area contributed by atoms with Crippen molar-refractivity contribution in [3.63, 3.8) is 0 Å². The van der Waals surface area contributed by atoms with Crippen molar-refractivity contribution in [3.05, 3.63) is 59.7 Å². The second kappa shape index (κ2) is 7.44. The first kappa shape index (κ1) is 17.1. The van der Waals surface area contributed by atoms with E-state index in [-0.39, 0.29) is 12.0 Å². The molecule has 0 saturated carbocycles. The average molecular weight is 353 g/mol. The predicted octanol–water partition coefficient (Wildman–Crippen LogP) is 4.55. The second-order valence-corrected chi connectivity index (χ2v) is 6.90. The van der Waals surface area contributed by atoms with Gasteiger partial charge in [0.2, 0.25) is 5.13 Å². The molecule has 128 valence electrons. The molecule has 0 aliphatic heterocycles. The third kappa shape index (κ3) is 4.42. The van der Waals surface area contributed by atoms with Gasteiger partial charge in [0.1, 0.15) is 10.8 Å². The topological polar surface area (TPSA) is 64.1 Å². The highest BCUT2D eigenvalue weighted by Crippen LogP contribution is 2.27. The zero-order valence-electron chi connectivity index (χ0n) is 14.3. The number of ether oxygens (including phenoxy) is 1. The Morgan fingerprint density at radius 1 is 1.12 bits per heavy atom. The summed E-state index contributed by atoms with van der Waals surface area (Å²) >= 11 is 1.35. The summed E-state index contributed by atoms with van der Waals surface area (Å²) in [6.07, 6.45) is 0.0983. The van der Waals surface area contributed by atoms with Crippen molar-refractivity contribution in [2.75, 3.05) is 5.32 Å². The van der Waals surface area contributed by atoms with Crippen molar-refractivity contribution in [2.45, 2.75) is 26.9 Å². The molecular weight excluding hydrogens is 334 g/mol. The minimum atomic E-state index is -0.219.